The second-order valence-electron chi connectivity index (χ2n) is 7.86. The van der Waals surface area contributed by atoms with Crippen LogP contribution in [0.15, 0.2) is 78.9 Å². The second-order valence-corrected chi connectivity index (χ2v) is 7.86. The van der Waals surface area contributed by atoms with Crippen molar-refractivity contribution in [2.24, 2.45) is 0 Å². The topological polar surface area (TPSA) is 99.8 Å². The van der Waals surface area contributed by atoms with E-state index in [1.165, 1.54) is 0 Å². The lowest BCUT2D eigenvalue weighted by Gasteiger charge is -2.17. The molecule has 182 valence electrons. The van der Waals surface area contributed by atoms with E-state index in [0.717, 1.165) is 12.1 Å². The monoisotopic (exact) mass is 474 g/mol. The largest absolute Gasteiger partial charge is 0.385 e. The molecule has 8 heteroatoms. The number of amides is 3. The molecule has 0 aromatic heterocycles. The van der Waals surface area contributed by atoms with Crippen molar-refractivity contribution in [2.45, 2.75) is 6.42 Å². The van der Waals surface area contributed by atoms with E-state index in [9.17, 15) is 14.4 Å². The standard InChI is InChI=1S/C27H30N4O4/c1-31(24-10-4-3-5-11-24)27(34)20-12-14-22(15-13-20)29-19-25(32)30-23-9-6-8-21(18-23)26(33)28-16-7-17-35-2/h3-6,8-15,18,29H,7,16-17,19H2,1-2H3,(H,28,33)(H,30,32). The normalized spacial score (nSPS) is 10.3. The molecule has 0 aliphatic carbocycles. The lowest BCUT2D eigenvalue weighted by molar-refractivity contribution is -0.114. The summed E-state index contributed by atoms with van der Waals surface area (Å²) in [6, 6.07) is 23.1. The molecule has 0 atom stereocenters. The first-order valence-electron chi connectivity index (χ1n) is 11.3. The van der Waals surface area contributed by atoms with E-state index in [2.05, 4.69) is 16.0 Å². The van der Waals surface area contributed by atoms with Crippen LogP contribution in [0.4, 0.5) is 17.1 Å². The minimum Gasteiger partial charge on any atom is -0.385 e. The van der Waals surface area contributed by atoms with Gasteiger partial charge in [0.2, 0.25) is 5.91 Å². The number of hydrogen-bond donors (Lipinski definition) is 3. The van der Waals surface area contributed by atoms with Crippen LogP contribution in [0.5, 0.6) is 0 Å². The molecule has 0 aliphatic rings. The van der Waals surface area contributed by atoms with Gasteiger partial charge in [0, 0.05) is 55.5 Å². The number of nitrogens with zero attached hydrogens (tertiary/aromatic N) is 1. The van der Waals surface area contributed by atoms with Crippen LogP contribution in [-0.2, 0) is 9.53 Å². The summed E-state index contributed by atoms with van der Waals surface area (Å²) in [6.45, 7) is 1.12. The van der Waals surface area contributed by atoms with E-state index in [-0.39, 0.29) is 24.3 Å². The molecule has 0 radical (unpaired) electrons. The minimum absolute atomic E-state index is 0.0324. The molecular weight excluding hydrogens is 444 g/mol. The minimum atomic E-state index is -0.258. The number of nitrogens with one attached hydrogen (secondary N) is 3. The van der Waals surface area contributed by atoms with Gasteiger partial charge in [-0.3, -0.25) is 14.4 Å². The third-order valence-corrected chi connectivity index (χ3v) is 5.25. The highest BCUT2D eigenvalue weighted by Gasteiger charge is 2.13. The first-order chi connectivity index (χ1) is 17.0. The van der Waals surface area contributed by atoms with Gasteiger partial charge >= 0.3 is 0 Å². The predicted octanol–water partition coefficient (Wildman–Crippen LogP) is 3.78. The average molecular weight is 475 g/mol. The molecule has 0 saturated carbocycles. The molecular formula is C27H30N4O4. The number of rotatable bonds is 11. The SMILES string of the molecule is COCCCNC(=O)c1cccc(NC(=O)CNc2ccc(C(=O)N(C)c3ccccc3)cc2)c1. The Morgan fingerprint density at radius 1 is 0.857 bits per heavy atom. The number of carbonyl (C=O) groups excluding carboxylic acids is 3. The van der Waals surface area contributed by atoms with Gasteiger partial charge in [0.15, 0.2) is 0 Å². The summed E-state index contributed by atoms with van der Waals surface area (Å²) in [5.41, 5.74) is 3.07. The number of hydrogen-bond acceptors (Lipinski definition) is 5. The average Bonchev–Trinajstić information content (AvgIpc) is 2.90. The lowest BCUT2D eigenvalue weighted by atomic mass is 10.1. The van der Waals surface area contributed by atoms with Crippen molar-refractivity contribution in [3.05, 3.63) is 90.0 Å². The summed E-state index contributed by atoms with van der Waals surface area (Å²) < 4.78 is 4.97. The van der Waals surface area contributed by atoms with Crippen molar-refractivity contribution in [3.8, 4) is 0 Å². The summed E-state index contributed by atoms with van der Waals surface area (Å²) in [6.07, 6.45) is 0.725. The highest BCUT2D eigenvalue weighted by molar-refractivity contribution is 6.06. The fraction of sp³-hybridized carbons (Fsp3) is 0.222. The Kier molecular flexibility index (Phi) is 9.39. The van der Waals surface area contributed by atoms with E-state index in [4.69, 9.17) is 4.74 Å². The van der Waals surface area contributed by atoms with Crippen LogP contribution in [0.1, 0.15) is 27.1 Å². The number of anilines is 3. The quantitative estimate of drug-likeness (QED) is 0.367. The Bertz CT molecular complexity index is 1130. The zero-order valence-corrected chi connectivity index (χ0v) is 19.9. The van der Waals surface area contributed by atoms with Gasteiger partial charge in [-0.05, 0) is 61.0 Å². The van der Waals surface area contributed by atoms with Crippen molar-refractivity contribution in [1.29, 1.82) is 0 Å². The Morgan fingerprint density at radius 3 is 2.31 bits per heavy atom. The molecule has 0 spiro atoms. The van der Waals surface area contributed by atoms with Gasteiger partial charge in [-0.25, -0.2) is 0 Å². The molecule has 3 amide bonds. The van der Waals surface area contributed by atoms with Crippen LogP contribution in [0.3, 0.4) is 0 Å². The van der Waals surface area contributed by atoms with Crippen LogP contribution in [0, 0.1) is 0 Å². The number of carbonyl (C=O) groups is 3. The van der Waals surface area contributed by atoms with Gasteiger partial charge < -0.3 is 25.6 Å². The number of para-hydroxylation sites is 1. The Hall–Kier alpha value is -4.17. The molecule has 0 heterocycles. The van der Waals surface area contributed by atoms with E-state index in [0.29, 0.717) is 35.7 Å². The number of methoxy groups -OCH3 is 1. The maximum atomic E-state index is 12.7. The maximum absolute atomic E-state index is 12.7. The molecule has 3 N–H and O–H groups in total. The smallest absolute Gasteiger partial charge is 0.258 e. The fourth-order valence-corrected chi connectivity index (χ4v) is 3.34. The van der Waals surface area contributed by atoms with Crippen LogP contribution in [0.2, 0.25) is 0 Å². The summed E-state index contributed by atoms with van der Waals surface area (Å²) >= 11 is 0. The van der Waals surface area contributed by atoms with Gasteiger partial charge in [-0.1, -0.05) is 24.3 Å². The third-order valence-electron chi connectivity index (χ3n) is 5.25. The summed E-state index contributed by atoms with van der Waals surface area (Å²) in [5.74, 6) is -0.586. The Morgan fingerprint density at radius 2 is 1.60 bits per heavy atom. The van der Waals surface area contributed by atoms with Crippen molar-refractivity contribution >= 4 is 34.8 Å². The summed E-state index contributed by atoms with van der Waals surface area (Å²) in [7, 11) is 3.35. The van der Waals surface area contributed by atoms with Crippen molar-refractivity contribution in [1.82, 2.24) is 5.32 Å². The predicted molar refractivity (Wildman–Crippen MR) is 138 cm³/mol. The number of benzene rings is 3. The lowest BCUT2D eigenvalue weighted by Crippen LogP contribution is -2.26. The molecule has 3 rings (SSSR count). The van der Waals surface area contributed by atoms with E-state index in [1.807, 2.05) is 30.3 Å². The molecule has 0 bridgehead atoms. The van der Waals surface area contributed by atoms with Crippen LogP contribution in [0.25, 0.3) is 0 Å². The van der Waals surface area contributed by atoms with E-state index in [1.54, 1.807) is 67.6 Å². The molecule has 0 aliphatic heterocycles. The van der Waals surface area contributed by atoms with E-state index < -0.39 is 0 Å². The van der Waals surface area contributed by atoms with Crippen molar-refractivity contribution in [3.63, 3.8) is 0 Å². The van der Waals surface area contributed by atoms with Gasteiger partial charge in [0.1, 0.15) is 0 Å². The van der Waals surface area contributed by atoms with Crippen LogP contribution in [-0.4, -0.2) is 51.6 Å². The highest BCUT2D eigenvalue weighted by atomic mass is 16.5. The van der Waals surface area contributed by atoms with Gasteiger partial charge in [0.05, 0.1) is 6.54 Å². The Labute approximate surface area is 205 Å². The second kappa shape index (κ2) is 12.9. The first-order valence-corrected chi connectivity index (χ1v) is 11.3. The van der Waals surface area contributed by atoms with Gasteiger partial charge in [-0.2, -0.15) is 0 Å². The van der Waals surface area contributed by atoms with Crippen molar-refractivity contribution in [2.75, 3.05) is 49.4 Å². The van der Waals surface area contributed by atoms with Crippen molar-refractivity contribution < 1.29 is 19.1 Å². The van der Waals surface area contributed by atoms with Gasteiger partial charge in [-0.15, -0.1) is 0 Å². The molecule has 3 aromatic carbocycles. The maximum Gasteiger partial charge on any atom is 0.258 e. The van der Waals surface area contributed by atoms with Crippen LogP contribution >= 0.6 is 0 Å². The van der Waals surface area contributed by atoms with Gasteiger partial charge in [0.25, 0.3) is 11.8 Å². The highest BCUT2D eigenvalue weighted by Crippen LogP contribution is 2.17. The molecule has 35 heavy (non-hydrogen) atoms. The molecule has 3 aromatic rings. The molecule has 0 unspecified atom stereocenters. The zero-order chi connectivity index (χ0) is 25.0. The molecule has 0 fully saturated rings. The first kappa shape index (κ1) is 25.5. The number of ether oxygens (including phenoxy) is 1. The molecule has 8 nitrogen and oxygen atoms in total. The zero-order valence-electron chi connectivity index (χ0n) is 19.9. The molecule has 0 saturated heterocycles. The summed E-state index contributed by atoms with van der Waals surface area (Å²) in [5, 5.41) is 8.64. The van der Waals surface area contributed by atoms with Crippen LogP contribution < -0.4 is 20.9 Å². The van der Waals surface area contributed by atoms with E-state index >= 15 is 0 Å². The Balaban J connectivity index is 1.49. The summed E-state index contributed by atoms with van der Waals surface area (Å²) in [4.78, 5) is 38.9. The third kappa shape index (κ3) is 7.68. The fourth-order valence-electron chi connectivity index (χ4n) is 3.34.